The van der Waals surface area contributed by atoms with E-state index in [-0.39, 0.29) is 0 Å². The average molecular weight is 362 g/mol. The molecule has 0 amide bonds. The van der Waals surface area contributed by atoms with E-state index in [9.17, 15) is 0 Å². The van der Waals surface area contributed by atoms with Crippen molar-refractivity contribution in [1.82, 2.24) is 9.55 Å². The molecule has 5 aromatic rings. The van der Waals surface area contributed by atoms with Crippen LogP contribution in [0.2, 0.25) is 0 Å². The van der Waals surface area contributed by atoms with Crippen LogP contribution in [-0.2, 0) is 6.54 Å². The van der Waals surface area contributed by atoms with E-state index in [1.807, 2.05) is 0 Å². The third kappa shape index (κ3) is 2.78. The number of rotatable bonds is 3. The monoisotopic (exact) mass is 362 g/mol. The van der Waals surface area contributed by atoms with Crippen molar-refractivity contribution in [3.05, 3.63) is 102 Å². The molecule has 28 heavy (non-hydrogen) atoms. The van der Waals surface area contributed by atoms with Crippen LogP contribution >= 0.6 is 0 Å². The molecular weight excluding hydrogens is 340 g/mol. The highest BCUT2D eigenvalue weighted by molar-refractivity contribution is 5.86. The SMILES string of the molecule is Cc1ccc(-c2nc3ccccc3n2Cc2cccc3ccccc23)c(C)c1. The van der Waals surface area contributed by atoms with Gasteiger partial charge in [0.2, 0.25) is 0 Å². The molecule has 0 unspecified atom stereocenters. The summed E-state index contributed by atoms with van der Waals surface area (Å²) < 4.78 is 2.36. The molecule has 0 bridgehead atoms. The van der Waals surface area contributed by atoms with Crippen molar-refractivity contribution in [3.63, 3.8) is 0 Å². The first-order valence-corrected chi connectivity index (χ1v) is 9.70. The summed E-state index contributed by atoms with van der Waals surface area (Å²) >= 11 is 0. The molecule has 4 aromatic carbocycles. The van der Waals surface area contributed by atoms with Crippen LogP contribution in [0, 0.1) is 13.8 Å². The second-order valence-electron chi connectivity index (χ2n) is 7.47. The zero-order valence-electron chi connectivity index (χ0n) is 16.2. The molecule has 0 spiro atoms. The van der Waals surface area contributed by atoms with E-state index in [2.05, 4.69) is 103 Å². The average Bonchev–Trinajstić information content (AvgIpc) is 3.06. The van der Waals surface area contributed by atoms with Gasteiger partial charge in [0.25, 0.3) is 0 Å². The molecule has 1 aromatic heterocycles. The van der Waals surface area contributed by atoms with Gasteiger partial charge >= 0.3 is 0 Å². The number of para-hydroxylation sites is 2. The fourth-order valence-electron chi connectivity index (χ4n) is 4.11. The van der Waals surface area contributed by atoms with Crippen molar-refractivity contribution in [2.45, 2.75) is 20.4 Å². The molecule has 136 valence electrons. The first kappa shape index (κ1) is 16.8. The molecule has 0 fully saturated rings. The Morgan fingerprint density at radius 1 is 0.786 bits per heavy atom. The quantitative estimate of drug-likeness (QED) is 0.357. The smallest absolute Gasteiger partial charge is 0.141 e. The normalized spacial score (nSPS) is 11.4. The lowest BCUT2D eigenvalue weighted by Crippen LogP contribution is -2.03. The van der Waals surface area contributed by atoms with Crippen molar-refractivity contribution in [2.75, 3.05) is 0 Å². The van der Waals surface area contributed by atoms with E-state index in [4.69, 9.17) is 4.98 Å². The number of aromatic nitrogens is 2. The molecule has 1 heterocycles. The predicted octanol–water partition coefficient (Wildman–Crippen LogP) is 6.52. The van der Waals surface area contributed by atoms with E-state index in [1.165, 1.54) is 38.5 Å². The standard InChI is InChI=1S/C26H22N2/c1-18-14-15-22(19(2)16-18)26-27-24-12-5-6-13-25(24)28(26)17-21-10-7-9-20-8-3-4-11-23(20)21/h3-16H,17H2,1-2H3. The van der Waals surface area contributed by atoms with Crippen LogP contribution < -0.4 is 0 Å². The summed E-state index contributed by atoms with van der Waals surface area (Å²) in [5.74, 6) is 1.03. The van der Waals surface area contributed by atoms with E-state index in [0.29, 0.717) is 0 Å². The van der Waals surface area contributed by atoms with Gasteiger partial charge in [0, 0.05) is 5.56 Å². The second-order valence-corrected chi connectivity index (χ2v) is 7.47. The van der Waals surface area contributed by atoms with Crippen LogP contribution in [0.1, 0.15) is 16.7 Å². The van der Waals surface area contributed by atoms with Crippen molar-refractivity contribution in [1.29, 1.82) is 0 Å². The number of aryl methyl sites for hydroxylation is 2. The topological polar surface area (TPSA) is 17.8 Å². The Labute approximate surface area is 165 Å². The molecule has 0 aliphatic rings. The van der Waals surface area contributed by atoms with Gasteiger partial charge in [-0.1, -0.05) is 78.4 Å². The van der Waals surface area contributed by atoms with Crippen LogP contribution in [0.5, 0.6) is 0 Å². The lowest BCUT2D eigenvalue weighted by molar-refractivity contribution is 0.839. The van der Waals surface area contributed by atoms with Gasteiger partial charge in [-0.2, -0.15) is 0 Å². The minimum atomic E-state index is 0.796. The number of hydrogen-bond donors (Lipinski definition) is 0. The summed E-state index contributed by atoms with van der Waals surface area (Å²) in [6.45, 7) is 5.10. The number of hydrogen-bond acceptors (Lipinski definition) is 1. The Morgan fingerprint density at radius 3 is 2.46 bits per heavy atom. The molecule has 2 nitrogen and oxygen atoms in total. The van der Waals surface area contributed by atoms with Crippen LogP contribution in [0.15, 0.2) is 84.9 Å². The highest BCUT2D eigenvalue weighted by Gasteiger charge is 2.15. The van der Waals surface area contributed by atoms with Gasteiger partial charge in [-0.15, -0.1) is 0 Å². The molecule has 0 saturated heterocycles. The minimum absolute atomic E-state index is 0.796. The van der Waals surface area contributed by atoms with E-state index in [1.54, 1.807) is 0 Å². The summed E-state index contributed by atoms with van der Waals surface area (Å²) in [6.07, 6.45) is 0. The highest BCUT2D eigenvalue weighted by atomic mass is 15.1. The Bertz CT molecular complexity index is 1310. The van der Waals surface area contributed by atoms with Crippen molar-refractivity contribution in [2.24, 2.45) is 0 Å². The highest BCUT2D eigenvalue weighted by Crippen LogP contribution is 2.30. The number of imidazole rings is 1. The predicted molar refractivity (Wildman–Crippen MR) is 118 cm³/mol. The van der Waals surface area contributed by atoms with Gasteiger partial charge in [0.05, 0.1) is 17.6 Å². The third-order valence-electron chi connectivity index (χ3n) is 5.49. The Morgan fingerprint density at radius 2 is 1.57 bits per heavy atom. The molecule has 0 atom stereocenters. The Kier molecular flexibility index (Phi) is 3.98. The summed E-state index contributed by atoms with van der Waals surface area (Å²) in [4.78, 5) is 5.01. The molecule has 5 rings (SSSR count). The van der Waals surface area contributed by atoms with E-state index >= 15 is 0 Å². The summed E-state index contributed by atoms with van der Waals surface area (Å²) in [5, 5.41) is 2.58. The van der Waals surface area contributed by atoms with Crippen molar-refractivity contribution in [3.8, 4) is 11.4 Å². The van der Waals surface area contributed by atoms with Gasteiger partial charge in [-0.25, -0.2) is 4.98 Å². The molecule has 0 aliphatic carbocycles. The van der Waals surface area contributed by atoms with Crippen LogP contribution in [0.3, 0.4) is 0 Å². The fraction of sp³-hybridized carbons (Fsp3) is 0.115. The van der Waals surface area contributed by atoms with E-state index < -0.39 is 0 Å². The Balaban J connectivity index is 1.74. The summed E-state index contributed by atoms with van der Waals surface area (Å²) in [6, 6.07) is 30.2. The minimum Gasteiger partial charge on any atom is -0.319 e. The molecule has 2 heteroatoms. The number of nitrogens with zero attached hydrogens (tertiary/aromatic N) is 2. The lowest BCUT2D eigenvalue weighted by atomic mass is 10.0. The fourth-order valence-corrected chi connectivity index (χ4v) is 4.11. The third-order valence-corrected chi connectivity index (χ3v) is 5.49. The van der Waals surface area contributed by atoms with Crippen LogP contribution in [-0.4, -0.2) is 9.55 Å². The maximum absolute atomic E-state index is 5.01. The van der Waals surface area contributed by atoms with Gasteiger partial charge in [0.15, 0.2) is 0 Å². The van der Waals surface area contributed by atoms with Gasteiger partial charge in [-0.3, -0.25) is 0 Å². The second kappa shape index (κ2) is 6.65. The van der Waals surface area contributed by atoms with Crippen LogP contribution in [0.4, 0.5) is 0 Å². The molecule has 0 saturated carbocycles. The van der Waals surface area contributed by atoms with Crippen LogP contribution in [0.25, 0.3) is 33.2 Å². The summed E-state index contributed by atoms with van der Waals surface area (Å²) in [5.41, 5.74) is 7.25. The van der Waals surface area contributed by atoms with Crippen molar-refractivity contribution >= 4 is 21.8 Å². The zero-order chi connectivity index (χ0) is 19.1. The molecule has 0 radical (unpaired) electrons. The number of benzene rings is 4. The maximum Gasteiger partial charge on any atom is 0.141 e. The molecular formula is C26H22N2. The largest absolute Gasteiger partial charge is 0.319 e. The maximum atomic E-state index is 5.01. The molecule has 0 aliphatic heterocycles. The Hall–Kier alpha value is -3.39. The number of fused-ring (bicyclic) bond motifs is 2. The van der Waals surface area contributed by atoms with Gasteiger partial charge in [-0.05, 0) is 47.9 Å². The molecule has 0 N–H and O–H groups in total. The van der Waals surface area contributed by atoms with Crippen molar-refractivity contribution < 1.29 is 0 Å². The first-order valence-electron chi connectivity index (χ1n) is 9.70. The summed E-state index contributed by atoms with van der Waals surface area (Å²) in [7, 11) is 0. The van der Waals surface area contributed by atoms with E-state index in [0.717, 1.165) is 17.9 Å². The first-order chi connectivity index (χ1) is 13.7. The lowest BCUT2D eigenvalue weighted by Gasteiger charge is -2.13. The zero-order valence-corrected chi connectivity index (χ0v) is 16.2. The van der Waals surface area contributed by atoms with Gasteiger partial charge < -0.3 is 4.57 Å². The van der Waals surface area contributed by atoms with Gasteiger partial charge in [0.1, 0.15) is 5.82 Å².